The minimum Gasteiger partial charge on any atom is -0.362 e. The topological polar surface area (TPSA) is 55.8 Å². The first-order chi connectivity index (χ1) is 16.5. The van der Waals surface area contributed by atoms with Gasteiger partial charge in [0.1, 0.15) is 0 Å². The number of nitrogens with zero attached hydrogens (tertiary/aromatic N) is 1. The van der Waals surface area contributed by atoms with E-state index in [1.54, 1.807) is 24.3 Å². The van der Waals surface area contributed by atoms with E-state index < -0.39 is 10.1 Å². The van der Waals surface area contributed by atoms with Gasteiger partial charge in [0, 0.05) is 26.1 Å². The van der Waals surface area contributed by atoms with Gasteiger partial charge in [-0.1, -0.05) is 72.3 Å². The van der Waals surface area contributed by atoms with Gasteiger partial charge < -0.3 is 4.74 Å². The van der Waals surface area contributed by atoms with Gasteiger partial charge in [-0.3, -0.25) is 9.08 Å². The molecule has 1 spiro atoms. The van der Waals surface area contributed by atoms with E-state index >= 15 is 0 Å². The van der Waals surface area contributed by atoms with Gasteiger partial charge in [-0.2, -0.15) is 8.42 Å². The normalized spacial score (nSPS) is 19.9. The van der Waals surface area contributed by atoms with Crippen LogP contribution in [0.2, 0.25) is 0 Å². The summed E-state index contributed by atoms with van der Waals surface area (Å²) in [5.41, 5.74) is 4.45. The zero-order valence-corrected chi connectivity index (χ0v) is 20.3. The molecule has 2 heterocycles. The lowest BCUT2D eigenvalue weighted by molar-refractivity contribution is -0.114. The van der Waals surface area contributed by atoms with Gasteiger partial charge in [0.15, 0.2) is 0 Å². The number of piperidine rings is 1. The molecule has 0 bridgehead atoms. The number of rotatable bonds is 7. The van der Waals surface area contributed by atoms with E-state index in [1.807, 2.05) is 19.1 Å². The Bertz CT molecular complexity index is 1220. The van der Waals surface area contributed by atoms with Crippen LogP contribution in [-0.2, 0) is 31.2 Å². The van der Waals surface area contributed by atoms with E-state index in [4.69, 9.17) is 8.92 Å². The van der Waals surface area contributed by atoms with Crippen molar-refractivity contribution in [2.75, 3.05) is 19.7 Å². The monoisotopic (exact) mass is 477 g/mol. The molecule has 178 valence electrons. The maximum Gasteiger partial charge on any atom is 0.296 e. The van der Waals surface area contributed by atoms with Crippen LogP contribution >= 0.6 is 0 Å². The number of aryl methyl sites for hydroxylation is 1. The van der Waals surface area contributed by atoms with E-state index in [2.05, 4.69) is 47.4 Å². The van der Waals surface area contributed by atoms with Crippen LogP contribution in [0.4, 0.5) is 0 Å². The van der Waals surface area contributed by atoms with Crippen LogP contribution in [0.15, 0.2) is 83.8 Å². The Morgan fingerprint density at radius 2 is 1.62 bits per heavy atom. The minimum atomic E-state index is -3.78. The van der Waals surface area contributed by atoms with Gasteiger partial charge in [0.05, 0.1) is 23.2 Å². The van der Waals surface area contributed by atoms with Gasteiger partial charge in [0.2, 0.25) is 0 Å². The molecule has 1 atom stereocenters. The van der Waals surface area contributed by atoms with Crippen molar-refractivity contribution in [2.45, 2.75) is 49.3 Å². The highest BCUT2D eigenvalue weighted by Crippen LogP contribution is 2.50. The SMILES string of the molecule is Cc1ccc(S(=O)(=O)OCCC2OC3(CCN(Cc4ccccc4)CC3)c3ccccc32)cc1. The molecule has 0 radical (unpaired) electrons. The fraction of sp³-hybridized carbons (Fsp3) is 0.357. The summed E-state index contributed by atoms with van der Waals surface area (Å²) < 4.78 is 37.2. The molecule has 3 aromatic carbocycles. The summed E-state index contributed by atoms with van der Waals surface area (Å²) in [6, 6.07) is 25.7. The first-order valence-electron chi connectivity index (χ1n) is 11.9. The molecule has 0 saturated carbocycles. The number of likely N-dealkylation sites (tertiary alicyclic amines) is 1. The van der Waals surface area contributed by atoms with Crippen LogP contribution < -0.4 is 0 Å². The summed E-state index contributed by atoms with van der Waals surface area (Å²) in [5, 5.41) is 0. The third kappa shape index (κ3) is 4.82. The van der Waals surface area contributed by atoms with Crippen molar-refractivity contribution in [3.8, 4) is 0 Å². The average Bonchev–Trinajstić information content (AvgIpc) is 3.15. The van der Waals surface area contributed by atoms with Gasteiger partial charge in [-0.15, -0.1) is 0 Å². The van der Waals surface area contributed by atoms with Crippen LogP contribution in [0.3, 0.4) is 0 Å². The molecular formula is C28H31NO4S. The van der Waals surface area contributed by atoms with Crippen LogP contribution in [0, 0.1) is 6.92 Å². The van der Waals surface area contributed by atoms with Crippen LogP contribution in [0.25, 0.3) is 0 Å². The van der Waals surface area contributed by atoms with Gasteiger partial charge in [-0.05, 0) is 48.6 Å². The van der Waals surface area contributed by atoms with Crippen molar-refractivity contribution in [1.29, 1.82) is 0 Å². The Labute approximate surface area is 202 Å². The molecule has 5 rings (SSSR count). The largest absolute Gasteiger partial charge is 0.362 e. The van der Waals surface area contributed by atoms with E-state index in [1.165, 1.54) is 11.1 Å². The minimum absolute atomic E-state index is 0.0887. The summed E-state index contributed by atoms with van der Waals surface area (Å²) >= 11 is 0. The molecule has 2 aliphatic heterocycles. The van der Waals surface area contributed by atoms with Crippen LogP contribution in [0.1, 0.15) is 47.6 Å². The maximum absolute atomic E-state index is 12.6. The van der Waals surface area contributed by atoms with E-state index in [0.29, 0.717) is 6.42 Å². The Morgan fingerprint density at radius 3 is 2.35 bits per heavy atom. The number of hydrogen-bond donors (Lipinski definition) is 0. The predicted molar refractivity (Wildman–Crippen MR) is 132 cm³/mol. The number of benzene rings is 3. The van der Waals surface area contributed by atoms with Crippen LogP contribution in [-0.4, -0.2) is 33.0 Å². The fourth-order valence-electron chi connectivity index (χ4n) is 5.15. The first kappa shape index (κ1) is 23.2. The van der Waals surface area contributed by atoms with Crippen LogP contribution in [0.5, 0.6) is 0 Å². The van der Waals surface area contributed by atoms with Crippen molar-refractivity contribution >= 4 is 10.1 Å². The fourth-order valence-corrected chi connectivity index (χ4v) is 6.07. The number of hydrogen-bond acceptors (Lipinski definition) is 5. The summed E-state index contributed by atoms with van der Waals surface area (Å²) in [4.78, 5) is 2.67. The lowest BCUT2D eigenvalue weighted by Crippen LogP contribution is -2.42. The molecule has 0 aliphatic carbocycles. The predicted octanol–water partition coefficient (Wildman–Crippen LogP) is 5.35. The molecule has 0 amide bonds. The Morgan fingerprint density at radius 1 is 0.941 bits per heavy atom. The van der Waals surface area contributed by atoms with E-state index in [9.17, 15) is 8.42 Å². The third-order valence-corrected chi connectivity index (χ3v) is 8.33. The summed E-state index contributed by atoms with van der Waals surface area (Å²) in [6.45, 7) is 4.90. The summed E-state index contributed by atoms with van der Waals surface area (Å²) in [6.07, 6.45) is 2.19. The quantitative estimate of drug-likeness (QED) is 0.429. The lowest BCUT2D eigenvalue weighted by Gasteiger charge is -2.40. The Hall–Kier alpha value is -2.51. The molecule has 0 aromatic heterocycles. The Kier molecular flexibility index (Phi) is 6.58. The van der Waals surface area contributed by atoms with Crippen molar-refractivity contribution in [3.05, 3.63) is 101 Å². The Balaban J connectivity index is 1.23. The molecule has 2 aliphatic rings. The molecular weight excluding hydrogens is 446 g/mol. The average molecular weight is 478 g/mol. The second kappa shape index (κ2) is 9.62. The zero-order chi connectivity index (χ0) is 23.6. The standard InChI is InChI=1S/C28H31NO4S/c1-22-11-13-24(14-12-22)34(30,31)32-20-15-27-25-9-5-6-10-26(25)28(33-27)16-18-29(19-17-28)21-23-7-3-2-4-8-23/h2-14,27H,15-21H2,1H3. The highest BCUT2D eigenvalue weighted by Gasteiger charge is 2.46. The summed E-state index contributed by atoms with van der Waals surface area (Å²) in [5.74, 6) is 0. The zero-order valence-electron chi connectivity index (χ0n) is 19.5. The molecule has 5 nitrogen and oxygen atoms in total. The van der Waals surface area contributed by atoms with Crippen molar-refractivity contribution in [2.24, 2.45) is 0 Å². The van der Waals surface area contributed by atoms with Gasteiger partial charge in [0.25, 0.3) is 10.1 Å². The molecule has 6 heteroatoms. The molecule has 1 fully saturated rings. The molecule has 1 saturated heterocycles. The molecule has 1 unspecified atom stereocenters. The second-order valence-electron chi connectivity index (χ2n) is 9.33. The third-order valence-electron chi connectivity index (χ3n) is 7.01. The molecule has 0 N–H and O–H groups in total. The van der Waals surface area contributed by atoms with Gasteiger partial charge >= 0.3 is 0 Å². The number of ether oxygens (including phenoxy) is 1. The molecule has 3 aromatic rings. The van der Waals surface area contributed by atoms with Crippen molar-refractivity contribution in [1.82, 2.24) is 4.90 Å². The van der Waals surface area contributed by atoms with Crippen molar-refractivity contribution < 1.29 is 17.3 Å². The van der Waals surface area contributed by atoms with Crippen molar-refractivity contribution in [3.63, 3.8) is 0 Å². The van der Waals surface area contributed by atoms with E-state index in [-0.39, 0.29) is 23.2 Å². The highest BCUT2D eigenvalue weighted by atomic mass is 32.2. The smallest absolute Gasteiger partial charge is 0.296 e. The lowest BCUT2D eigenvalue weighted by atomic mass is 9.83. The molecule has 34 heavy (non-hydrogen) atoms. The number of fused-ring (bicyclic) bond motifs is 2. The second-order valence-corrected chi connectivity index (χ2v) is 10.9. The highest BCUT2D eigenvalue weighted by molar-refractivity contribution is 7.86. The summed E-state index contributed by atoms with van der Waals surface area (Å²) in [7, 11) is -3.78. The van der Waals surface area contributed by atoms with E-state index in [0.717, 1.165) is 43.6 Å². The van der Waals surface area contributed by atoms with Gasteiger partial charge in [-0.25, -0.2) is 0 Å². The maximum atomic E-state index is 12.6. The first-order valence-corrected chi connectivity index (χ1v) is 13.4.